The second-order valence-corrected chi connectivity index (χ2v) is 3.96. The molecule has 0 fully saturated rings. The van der Waals surface area contributed by atoms with E-state index in [0.29, 0.717) is 13.2 Å². The largest absolute Gasteiger partial charge is 0.396 e. The van der Waals surface area contributed by atoms with Crippen molar-refractivity contribution >= 4 is 0 Å². The molecule has 0 amide bonds. The van der Waals surface area contributed by atoms with Crippen molar-refractivity contribution in [2.24, 2.45) is 0 Å². The number of aliphatic hydroxyl groups excluding tert-OH is 2. The van der Waals surface area contributed by atoms with Crippen LogP contribution >= 0.6 is 0 Å². The summed E-state index contributed by atoms with van der Waals surface area (Å²) in [5, 5.41) is 18.0. The van der Waals surface area contributed by atoms with Crippen LogP contribution < -0.4 is 0 Å². The molecule has 16 heavy (non-hydrogen) atoms. The molecule has 2 N–H and O–H groups in total. The molecule has 0 aromatic rings. The third-order valence-corrected chi connectivity index (χ3v) is 2.42. The van der Waals surface area contributed by atoms with Crippen molar-refractivity contribution in [3.8, 4) is 0 Å². The minimum absolute atomic E-state index is 0. The first-order valence-electron chi connectivity index (χ1n) is 6.21. The van der Waals surface area contributed by atoms with Gasteiger partial charge in [-0.3, -0.25) is 0 Å². The molecule has 3 nitrogen and oxygen atoms in total. The van der Waals surface area contributed by atoms with E-state index in [1.54, 1.807) is 0 Å². The van der Waals surface area contributed by atoms with Gasteiger partial charge in [0, 0.05) is 34.9 Å². The quantitative estimate of drug-likeness (QED) is 0.343. The number of ether oxygens (including phenoxy) is 1. The van der Waals surface area contributed by atoms with Crippen LogP contribution in [0.25, 0.3) is 0 Å². The molecule has 0 aliphatic heterocycles. The van der Waals surface area contributed by atoms with E-state index in [1.807, 2.05) is 0 Å². The van der Waals surface area contributed by atoms with Crippen LogP contribution in [0.3, 0.4) is 0 Å². The molecule has 0 rings (SSSR count). The summed E-state index contributed by atoms with van der Waals surface area (Å²) in [5.74, 6) is 0. The SMILES string of the molecule is CCCCOC(O)CCCCCCCO.[Ti]. The van der Waals surface area contributed by atoms with Crippen molar-refractivity contribution < 1.29 is 36.7 Å². The maximum Gasteiger partial charge on any atom is 0.154 e. The van der Waals surface area contributed by atoms with E-state index in [9.17, 15) is 5.11 Å². The van der Waals surface area contributed by atoms with Gasteiger partial charge in [0.05, 0.1) is 0 Å². The van der Waals surface area contributed by atoms with Gasteiger partial charge < -0.3 is 14.9 Å². The Kier molecular flexibility index (Phi) is 18.5. The molecule has 0 radical (unpaired) electrons. The predicted molar refractivity (Wildman–Crippen MR) is 61.7 cm³/mol. The average molecular weight is 266 g/mol. The van der Waals surface area contributed by atoms with Crippen molar-refractivity contribution in [3.63, 3.8) is 0 Å². The summed E-state index contributed by atoms with van der Waals surface area (Å²) in [6, 6.07) is 0. The number of rotatable bonds is 11. The molecule has 0 saturated heterocycles. The van der Waals surface area contributed by atoms with Gasteiger partial charge in [-0.15, -0.1) is 0 Å². The molecule has 0 aromatic carbocycles. The molecule has 4 heteroatoms. The molecule has 0 heterocycles. The fraction of sp³-hybridized carbons (Fsp3) is 1.00. The maximum absolute atomic E-state index is 9.42. The van der Waals surface area contributed by atoms with E-state index in [-0.39, 0.29) is 21.7 Å². The molecule has 0 bridgehead atoms. The van der Waals surface area contributed by atoms with Crippen molar-refractivity contribution in [3.05, 3.63) is 0 Å². The minimum atomic E-state index is -0.575. The molecular formula is C12H26O3Ti. The molecule has 1 unspecified atom stereocenters. The zero-order valence-electron chi connectivity index (χ0n) is 10.5. The van der Waals surface area contributed by atoms with E-state index in [1.165, 1.54) is 0 Å². The van der Waals surface area contributed by atoms with Gasteiger partial charge in [0.15, 0.2) is 6.29 Å². The number of aliphatic hydroxyl groups is 2. The van der Waals surface area contributed by atoms with E-state index in [4.69, 9.17) is 9.84 Å². The smallest absolute Gasteiger partial charge is 0.154 e. The average Bonchev–Trinajstić information content (AvgIpc) is 2.23. The van der Waals surface area contributed by atoms with E-state index in [0.717, 1.165) is 51.4 Å². The summed E-state index contributed by atoms with van der Waals surface area (Å²) in [4.78, 5) is 0. The Bertz CT molecular complexity index is 123. The van der Waals surface area contributed by atoms with Crippen LogP contribution in [0.5, 0.6) is 0 Å². The van der Waals surface area contributed by atoms with Gasteiger partial charge in [0.25, 0.3) is 0 Å². The fourth-order valence-corrected chi connectivity index (χ4v) is 1.41. The van der Waals surface area contributed by atoms with E-state index >= 15 is 0 Å². The standard InChI is InChI=1S/C12H26O3.Ti/c1-2-3-11-15-12(14)9-7-5-4-6-8-10-13;/h12-14H,2-11H2,1H3;. The Morgan fingerprint density at radius 3 is 2.25 bits per heavy atom. The molecule has 96 valence electrons. The second kappa shape index (κ2) is 15.6. The Hall–Kier alpha value is 0.594. The van der Waals surface area contributed by atoms with Gasteiger partial charge >= 0.3 is 0 Å². The van der Waals surface area contributed by atoms with Crippen molar-refractivity contribution in [1.29, 1.82) is 0 Å². The summed E-state index contributed by atoms with van der Waals surface area (Å²) in [6.07, 6.45) is 7.55. The molecule has 0 spiro atoms. The number of hydrogen-bond acceptors (Lipinski definition) is 3. The molecular weight excluding hydrogens is 240 g/mol. The van der Waals surface area contributed by atoms with E-state index < -0.39 is 6.29 Å². The summed E-state index contributed by atoms with van der Waals surface area (Å²) in [7, 11) is 0. The maximum atomic E-state index is 9.42. The Labute approximate surface area is 114 Å². The summed E-state index contributed by atoms with van der Waals surface area (Å²) < 4.78 is 5.23. The summed E-state index contributed by atoms with van der Waals surface area (Å²) in [6.45, 7) is 3.07. The van der Waals surface area contributed by atoms with Crippen LogP contribution in [0.2, 0.25) is 0 Å². The van der Waals surface area contributed by atoms with Crippen molar-refractivity contribution in [2.45, 2.75) is 64.6 Å². The van der Waals surface area contributed by atoms with Gasteiger partial charge in [0.1, 0.15) is 0 Å². The molecule has 0 aliphatic carbocycles. The van der Waals surface area contributed by atoms with Gasteiger partial charge in [-0.2, -0.15) is 0 Å². The van der Waals surface area contributed by atoms with E-state index in [2.05, 4.69) is 6.92 Å². The third-order valence-electron chi connectivity index (χ3n) is 2.42. The molecule has 0 aromatic heterocycles. The van der Waals surface area contributed by atoms with Crippen LogP contribution in [0.15, 0.2) is 0 Å². The van der Waals surface area contributed by atoms with Crippen molar-refractivity contribution in [1.82, 2.24) is 0 Å². The molecule has 1 atom stereocenters. The first kappa shape index (κ1) is 18.9. The summed E-state index contributed by atoms with van der Waals surface area (Å²) in [5.41, 5.74) is 0. The van der Waals surface area contributed by atoms with Crippen LogP contribution in [0, 0.1) is 0 Å². The van der Waals surface area contributed by atoms with Crippen LogP contribution in [0.4, 0.5) is 0 Å². The Balaban J connectivity index is 0. The zero-order chi connectivity index (χ0) is 11.4. The summed E-state index contributed by atoms with van der Waals surface area (Å²) >= 11 is 0. The Morgan fingerprint density at radius 1 is 1.00 bits per heavy atom. The van der Waals surface area contributed by atoms with Gasteiger partial charge in [-0.25, -0.2) is 0 Å². The zero-order valence-corrected chi connectivity index (χ0v) is 12.0. The monoisotopic (exact) mass is 266 g/mol. The topological polar surface area (TPSA) is 49.7 Å². The third kappa shape index (κ3) is 14.6. The minimum Gasteiger partial charge on any atom is -0.396 e. The van der Waals surface area contributed by atoms with Gasteiger partial charge in [0.2, 0.25) is 0 Å². The first-order valence-corrected chi connectivity index (χ1v) is 6.21. The van der Waals surface area contributed by atoms with Gasteiger partial charge in [-0.1, -0.05) is 32.6 Å². The fourth-order valence-electron chi connectivity index (χ4n) is 1.41. The second-order valence-electron chi connectivity index (χ2n) is 3.96. The first-order chi connectivity index (χ1) is 7.31. The Morgan fingerprint density at radius 2 is 1.62 bits per heavy atom. The normalized spacial score (nSPS) is 12.2. The van der Waals surface area contributed by atoms with Crippen LogP contribution in [0.1, 0.15) is 58.3 Å². The molecule has 0 aliphatic rings. The van der Waals surface area contributed by atoms with Crippen molar-refractivity contribution in [2.75, 3.05) is 13.2 Å². The van der Waals surface area contributed by atoms with Crippen LogP contribution in [-0.4, -0.2) is 29.7 Å². The van der Waals surface area contributed by atoms with Gasteiger partial charge in [-0.05, 0) is 25.7 Å². The van der Waals surface area contributed by atoms with Crippen LogP contribution in [-0.2, 0) is 26.5 Å². The predicted octanol–water partition coefficient (Wildman–Crippen LogP) is 2.45. The molecule has 0 saturated carbocycles. The number of hydrogen-bond donors (Lipinski definition) is 2. The number of unbranched alkanes of at least 4 members (excludes halogenated alkanes) is 5.